The van der Waals surface area contributed by atoms with E-state index in [-0.39, 0.29) is 0 Å². The van der Waals surface area contributed by atoms with Crippen molar-refractivity contribution >= 4 is 0 Å². The van der Waals surface area contributed by atoms with Gasteiger partial charge in [0, 0.05) is 25.2 Å². The van der Waals surface area contributed by atoms with Gasteiger partial charge in [0.2, 0.25) is 0 Å². The molecule has 0 aliphatic rings. The van der Waals surface area contributed by atoms with E-state index in [4.69, 9.17) is 0 Å². The van der Waals surface area contributed by atoms with E-state index in [1.807, 2.05) is 0 Å². The van der Waals surface area contributed by atoms with Crippen molar-refractivity contribution in [3.8, 4) is 11.1 Å². The molecule has 0 fully saturated rings. The van der Waals surface area contributed by atoms with Crippen LogP contribution < -0.4 is 10.6 Å². The maximum atomic E-state index is 3.54. The lowest BCUT2D eigenvalue weighted by Gasteiger charge is -2.12. The van der Waals surface area contributed by atoms with Crippen LogP contribution >= 0.6 is 0 Å². The van der Waals surface area contributed by atoms with E-state index in [0.717, 1.165) is 25.9 Å². The second-order valence-electron chi connectivity index (χ2n) is 6.77. The second kappa shape index (κ2) is 9.61. The molecule has 2 nitrogen and oxygen atoms in total. The largest absolute Gasteiger partial charge is 0.310 e. The summed E-state index contributed by atoms with van der Waals surface area (Å²) < 4.78 is 0. The molecule has 2 aromatic carbocycles. The summed E-state index contributed by atoms with van der Waals surface area (Å²) in [4.78, 5) is 0. The molecule has 0 spiro atoms. The molecule has 2 aromatic rings. The quantitative estimate of drug-likeness (QED) is 0.668. The van der Waals surface area contributed by atoms with Crippen LogP contribution in [0.2, 0.25) is 0 Å². The van der Waals surface area contributed by atoms with Gasteiger partial charge in [-0.05, 0) is 48.9 Å². The maximum absolute atomic E-state index is 3.54. The molecule has 0 heterocycles. The minimum atomic E-state index is 0.571. The highest BCUT2D eigenvalue weighted by Gasteiger charge is 2.02. The summed E-state index contributed by atoms with van der Waals surface area (Å²) in [6.45, 7) is 10.8. The van der Waals surface area contributed by atoms with Crippen LogP contribution in [-0.4, -0.2) is 12.1 Å². The fraction of sp³-hybridized carbons (Fsp3) is 0.455. The van der Waals surface area contributed by atoms with Gasteiger partial charge in [-0.1, -0.05) is 62.4 Å². The van der Waals surface area contributed by atoms with E-state index in [9.17, 15) is 0 Å². The molecule has 0 aromatic heterocycles. The Balaban J connectivity index is 1.93. The molecule has 24 heavy (non-hydrogen) atoms. The molecule has 0 saturated heterocycles. The van der Waals surface area contributed by atoms with Crippen LogP contribution in [-0.2, 0) is 13.1 Å². The summed E-state index contributed by atoms with van der Waals surface area (Å²) in [5.41, 5.74) is 5.24. The molecule has 0 aliphatic heterocycles. The molecule has 130 valence electrons. The summed E-state index contributed by atoms with van der Waals surface area (Å²) in [5.74, 6) is 0. The fourth-order valence-electron chi connectivity index (χ4n) is 2.50. The number of rotatable bonds is 9. The topological polar surface area (TPSA) is 24.1 Å². The highest BCUT2D eigenvalue weighted by Crippen LogP contribution is 2.20. The van der Waals surface area contributed by atoms with Crippen molar-refractivity contribution in [2.45, 2.75) is 65.7 Å². The van der Waals surface area contributed by atoms with E-state index < -0.39 is 0 Å². The zero-order valence-electron chi connectivity index (χ0n) is 15.6. The predicted molar refractivity (Wildman–Crippen MR) is 105 cm³/mol. The number of hydrogen-bond acceptors (Lipinski definition) is 2. The first-order valence-electron chi connectivity index (χ1n) is 9.27. The Morgan fingerprint density at radius 1 is 0.625 bits per heavy atom. The zero-order valence-corrected chi connectivity index (χ0v) is 15.6. The Bertz CT molecular complexity index is 531. The Morgan fingerprint density at radius 2 is 0.958 bits per heavy atom. The van der Waals surface area contributed by atoms with Crippen molar-refractivity contribution < 1.29 is 0 Å². The fourth-order valence-corrected chi connectivity index (χ4v) is 2.50. The number of hydrogen-bond donors (Lipinski definition) is 2. The SMILES string of the molecule is CCC(C)NCc1ccc(-c2ccc(CNC(C)CC)cc2)cc1. The molecule has 0 saturated carbocycles. The van der Waals surface area contributed by atoms with Crippen molar-refractivity contribution in [1.82, 2.24) is 10.6 Å². The van der Waals surface area contributed by atoms with Crippen molar-refractivity contribution in [2.24, 2.45) is 0 Å². The monoisotopic (exact) mass is 324 g/mol. The standard InChI is InChI=1S/C22H32N2/c1-5-17(3)23-15-19-7-11-21(12-8-19)22-13-9-20(10-14-22)16-24-18(4)6-2/h7-14,17-18,23-24H,5-6,15-16H2,1-4H3. The predicted octanol–water partition coefficient (Wildman–Crippen LogP) is 5.13. The molecule has 0 bridgehead atoms. The summed E-state index contributed by atoms with van der Waals surface area (Å²) >= 11 is 0. The van der Waals surface area contributed by atoms with E-state index in [0.29, 0.717) is 12.1 Å². The van der Waals surface area contributed by atoms with E-state index in [1.165, 1.54) is 22.3 Å². The van der Waals surface area contributed by atoms with Crippen molar-refractivity contribution in [1.29, 1.82) is 0 Å². The lowest BCUT2D eigenvalue weighted by atomic mass is 10.0. The van der Waals surface area contributed by atoms with Gasteiger partial charge in [0.05, 0.1) is 0 Å². The summed E-state index contributed by atoms with van der Waals surface area (Å²) in [6, 6.07) is 18.9. The van der Waals surface area contributed by atoms with Crippen molar-refractivity contribution in [2.75, 3.05) is 0 Å². The van der Waals surface area contributed by atoms with E-state index in [1.54, 1.807) is 0 Å². The van der Waals surface area contributed by atoms with Gasteiger partial charge in [0.1, 0.15) is 0 Å². The Labute approximate surface area is 147 Å². The lowest BCUT2D eigenvalue weighted by molar-refractivity contribution is 0.534. The van der Waals surface area contributed by atoms with Gasteiger partial charge in [-0.2, -0.15) is 0 Å². The molecule has 2 heteroatoms. The lowest BCUT2D eigenvalue weighted by Crippen LogP contribution is -2.24. The number of nitrogens with one attached hydrogen (secondary N) is 2. The molecule has 2 N–H and O–H groups in total. The van der Waals surface area contributed by atoms with Gasteiger partial charge in [-0.25, -0.2) is 0 Å². The average Bonchev–Trinajstić information content (AvgIpc) is 2.65. The van der Waals surface area contributed by atoms with E-state index in [2.05, 4.69) is 86.9 Å². The van der Waals surface area contributed by atoms with Gasteiger partial charge in [0.15, 0.2) is 0 Å². The molecule has 0 amide bonds. The molecule has 2 unspecified atom stereocenters. The molecule has 2 atom stereocenters. The van der Waals surface area contributed by atoms with Gasteiger partial charge >= 0.3 is 0 Å². The van der Waals surface area contributed by atoms with Crippen molar-refractivity contribution in [3.63, 3.8) is 0 Å². The first-order valence-corrected chi connectivity index (χ1v) is 9.27. The average molecular weight is 325 g/mol. The normalized spacial score (nSPS) is 13.7. The van der Waals surface area contributed by atoms with Crippen LogP contribution in [0.4, 0.5) is 0 Å². The van der Waals surface area contributed by atoms with Crippen LogP contribution in [0.15, 0.2) is 48.5 Å². The third-order valence-corrected chi connectivity index (χ3v) is 4.78. The smallest absolute Gasteiger partial charge is 0.0207 e. The Morgan fingerprint density at radius 3 is 1.25 bits per heavy atom. The van der Waals surface area contributed by atoms with Gasteiger partial charge in [-0.3, -0.25) is 0 Å². The molecule has 2 rings (SSSR count). The molecular weight excluding hydrogens is 292 g/mol. The maximum Gasteiger partial charge on any atom is 0.0207 e. The Hall–Kier alpha value is -1.64. The van der Waals surface area contributed by atoms with Gasteiger partial charge in [-0.15, -0.1) is 0 Å². The van der Waals surface area contributed by atoms with Crippen LogP contribution in [0, 0.1) is 0 Å². The highest BCUT2D eigenvalue weighted by molar-refractivity contribution is 5.63. The third-order valence-electron chi connectivity index (χ3n) is 4.78. The molecular formula is C22H32N2. The summed E-state index contributed by atoms with van der Waals surface area (Å²) in [5, 5.41) is 7.07. The first kappa shape index (κ1) is 18.7. The zero-order chi connectivity index (χ0) is 17.4. The third kappa shape index (κ3) is 5.77. The van der Waals surface area contributed by atoms with Gasteiger partial charge < -0.3 is 10.6 Å². The van der Waals surface area contributed by atoms with Gasteiger partial charge in [0.25, 0.3) is 0 Å². The second-order valence-corrected chi connectivity index (χ2v) is 6.77. The van der Waals surface area contributed by atoms with Crippen LogP contribution in [0.1, 0.15) is 51.7 Å². The number of benzene rings is 2. The Kier molecular flexibility index (Phi) is 7.48. The molecule has 0 aliphatic carbocycles. The van der Waals surface area contributed by atoms with E-state index >= 15 is 0 Å². The summed E-state index contributed by atoms with van der Waals surface area (Å²) in [6.07, 6.45) is 2.33. The molecule has 0 radical (unpaired) electrons. The first-order chi connectivity index (χ1) is 11.6. The highest BCUT2D eigenvalue weighted by atomic mass is 14.9. The summed E-state index contributed by atoms with van der Waals surface area (Å²) in [7, 11) is 0. The van der Waals surface area contributed by atoms with Crippen LogP contribution in [0.5, 0.6) is 0 Å². The van der Waals surface area contributed by atoms with Crippen LogP contribution in [0.25, 0.3) is 11.1 Å². The van der Waals surface area contributed by atoms with Crippen molar-refractivity contribution in [3.05, 3.63) is 59.7 Å². The minimum absolute atomic E-state index is 0.571. The minimum Gasteiger partial charge on any atom is -0.310 e. The van der Waals surface area contributed by atoms with Crippen LogP contribution in [0.3, 0.4) is 0 Å².